The second-order valence-electron chi connectivity index (χ2n) is 2.72. The molecule has 0 heterocycles. The Morgan fingerprint density at radius 3 is 2.79 bits per heavy atom. The number of carbonyl (C=O) groups excluding carboxylic acids is 1. The molecule has 0 N–H and O–H groups in total. The number of allylic oxidation sites excluding steroid dienone is 1. The van der Waals surface area contributed by atoms with Crippen LogP contribution in [0.5, 0.6) is 0 Å². The summed E-state index contributed by atoms with van der Waals surface area (Å²) in [5.74, 6) is 0. The lowest BCUT2D eigenvalue weighted by Gasteiger charge is -2.05. The molecule has 0 atom stereocenters. The maximum absolute atomic E-state index is 10.8. The van der Waals surface area contributed by atoms with Crippen LogP contribution in [-0.4, -0.2) is 13.4 Å². The molecule has 74 valence electrons. The molecule has 0 fully saturated rings. The molecule has 0 aliphatic carbocycles. The quantitative estimate of drug-likeness (QED) is 0.358. The second kappa shape index (κ2) is 5.60. The first-order chi connectivity index (χ1) is 6.83. The van der Waals surface area contributed by atoms with E-state index in [9.17, 15) is 4.79 Å². The zero-order chi connectivity index (χ0) is 10.4. The van der Waals surface area contributed by atoms with E-state index in [-0.39, 0.29) is 0 Å². The Bertz CT molecular complexity index is 345. The van der Waals surface area contributed by atoms with Crippen LogP contribution in [0, 0.1) is 0 Å². The van der Waals surface area contributed by atoms with Gasteiger partial charge >= 0.3 is 0 Å². The minimum absolute atomic E-state index is 0.558. The number of rotatable bonds is 4. The minimum Gasteiger partial charge on any atom is -0.504 e. The van der Waals surface area contributed by atoms with Crippen molar-refractivity contribution in [2.24, 2.45) is 0 Å². The molecule has 14 heavy (non-hydrogen) atoms. The first kappa shape index (κ1) is 11.0. The van der Waals surface area contributed by atoms with E-state index in [4.69, 9.17) is 4.74 Å². The molecule has 0 aliphatic rings. The Morgan fingerprint density at radius 1 is 1.50 bits per heavy atom. The van der Waals surface area contributed by atoms with Crippen LogP contribution in [0.25, 0.3) is 5.57 Å². The van der Waals surface area contributed by atoms with Crippen molar-refractivity contribution in [3.05, 3.63) is 41.7 Å². The monoisotopic (exact) mass is 254 g/mol. The average molecular weight is 255 g/mol. The number of halogens is 1. The number of benzene rings is 1. The van der Waals surface area contributed by atoms with Crippen LogP contribution >= 0.6 is 15.9 Å². The fraction of sp³-hybridized carbons (Fsp3) is 0.182. The van der Waals surface area contributed by atoms with Gasteiger partial charge in [0.1, 0.15) is 0 Å². The SMILES string of the molecule is COC=C(C=O)c1ccccc1CBr. The Labute approximate surface area is 91.7 Å². The summed E-state index contributed by atoms with van der Waals surface area (Å²) < 4.78 is 4.84. The van der Waals surface area contributed by atoms with E-state index in [1.807, 2.05) is 24.3 Å². The van der Waals surface area contributed by atoms with Gasteiger partial charge in [0.05, 0.1) is 18.9 Å². The summed E-state index contributed by atoms with van der Waals surface area (Å²) in [6.07, 6.45) is 2.25. The number of hydrogen-bond acceptors (Lipinski definition) is 2. The van der Waals surface area contributed by atoms with Gasteiger partial charge < -0.3 is 4.74 Å². The second-order valence-corrected chi connectivity index (χ2v) is 3.28. The summed E-state index contributed by atoms with van der Waals surface area (Å²) in [6.45, 7) is 0. The van der Waals surface area contributed by atoms with Gasteiger partial charge in [-0.25, -0.2) is 0 Å². The van der Waals surface area contributed by atoms with Gasteiger partial charge in [0, 0.05) is 5.33 Å². The number of aldehydes is 1. The van der Waals surface area contributed by atoms with E-state index in [2.05, 4.69) is 15.9 Å². The van der Waals surface area contributed by atoms with Crippen LogP contribution in [0.2, 0.25) is 0 Å². The average Bonchev–Trinajstić information content (AvgIpc) is 2.26. The summed E-state index contributed by atoms with van der Waals surface area (Å²) >= 11 is 3.37. The van der Waals surface area contributed by atoms with Gasteiger partial charge in [-0.2, -0.15) is 0 Å². The maximum Gasteiger partial charge on any atom is 0.153 e. The van der Waals surface area contributed by atoms with Gasteiger partial charge in [0.15, 0.2) is 6.29 Å². The molecule has 0 spiro atoms. The van der Waals surface area contributed by atoms with Crippen LogP contribution in [-0.2, 0) is 14.9 Å². The van der Waals surface area contributed by atoms with Crippen molar-refractivity contribution in [1.82, 2.24) is 0 Å². The number of methoxy groups -OCH3 is 1. The lowest BCUT2D eigenvalue weighted by atomic mass is 10.0. The molecule has 1 rings (SSSR count). The van der Waals surface area contributed by atoms with Crippen molar-refractivity contribution in [2.45, 2.75) is 5.33 Å². The molecule has 1 aromatic carbocycles. The highest BCUT2D eigenvalue weighted by atomic mass is 79.9. The van der Waals surface area contributed by atoms with Crippen LogP contribution in [0.4, 0.5) is 0 Å². The summed E-state index contributed by atoms with van der Waals surface area (Å²) in [5, 5.41) is 0.720. The summed E-state index contributed by atoms with van der Waals surface area (Å²) in [5.41, 5.74) is 2.53. The predicted molar refractivity (Wildman–Crippen MR) is 60.1 cm³/mol. The van der Waals surface area contributed by atoms with E-state index >= 15 is 0 Å². The Balaban J connectivity index is 3.15. The zero-order valence-corrected chi connectivity index (χ0v) is 9.45. The number of alkyl halides is 1. The van der Waals surface area contributed by atoms with E-state index in [0.717, 1.165) is 22.7 Å². The van der Waals surface area contributed by atoms with Crippen LogP contribution in [0.3, 0.4) is 0 Å². The van der Waals surface area contributed by atoms with E-state index in [1.165, 1.54) is 13.4 Å². The Hall–Kier alpha value is -1.09. The van der Waals surface area contributed by atoms with Crippen LogP contribution in [0.1, 0.15) is 11.1 Å². The largest absolute Gasteiger partial charge is 0.504 e. The van der Waals surface area contributed by atoms with Gasteiger partial charge in [-0.3, -0.25) is 4.79 Å². The smallest absolute Gasteiger partial charge is 0.153 e. The van der Waals surface area contributed by atoms with Crippen molar-refractivity contribution in [3.63, 3.8) is 0 Å². The Kier molecular flexibility index (Phi) is 4.40. The predicted octanol–water partition coefficient (Wildman–Crippen LogP) is 2.77. The lowest BCUT2D eigenvalue weighted by Crippen LogP contribution is -1.92. The molecule has 1 aromatic rings. The number of hydrogen-bond donors (Lipinski definition) is 0. The molecular weight excluding hydrogens is 244 g/mol. The molecule has 0 amide bonds. The van der Waals surface area contributed by atoms with Gasteiger partial charge in [-0.1, -0.05) is 40.2 Å². The van der Waals surface area contributed by atoms with Crippen LogP contribution < -0.4 is 0 Å². The van der Waals surface area contributed by atoms with Gasteiger partial charge in [0.25, 0.3) is 0 Å². The van der Waals surface area contributed by atoms with E-state index < -0.39 is 0 Å². The van der Waals surface area contributed by atoms with Crippen molar-refractivity contribution >= 4 is 27.8 Å². The van der Waals surface area contributed by atoms with Gasteiger partial charge in [-0.05, 0) is 11.1 Å². The third kappa shape index (κ3) is 2.45. The highest BCUT2D eigenvalue weighted by Crippen LogP contribution is 2.19. The highest BCUT2D eigenvalue weighted by molar-refractivity contribution is 9.08. The fourth-order valence-corrected chi connectivity index (χ4v) is 1.69. The first-order valence-corrected chi connectivity index (χ1v) is 5.28. The third-order valence-electron chi connectivity index (χ3n) is 1.84. The molecule has 2 nitrogen and oxygen atoms in total. The highest BCUT2D eigenvalue weighted by Gasteiger charge is 2.05. The maximum atomic E-state index is 10.8. The molecule has 0 radical (unpaired) electrons. The molecular formula is C11H11BrO2. The summed E-state index contributed by atoms with van der Waals surface area (Å²) in [7, 11) is 1.53. The minimum atomic E-state index is 0.558. The Morgan fingerprint density at radius 2 is 2.21 bits per heavy atom. The zero-order valence-electron chi connectivity index (χ0n) is 7.87. The lowest BCUT2D eigenvalue weighted by molar-refractivity contribution is -0.103. The van der Waals surface area contributed by atoms with Crippen LogP contribution in [0.15, 0.2) is 30.5 Å². The molecule has 0 saturated heterocycles. The van der Waals surface area contributed by atoms with E-state index in [0.29, 0.717) is 5.57 Å². The molecule has 0 aliphatic heterocycles. The fourth-order valence-electron chi connectivity index (χ4n) is 1.20. The summed E-state index contributed by atoms with van der Waals surface area (Å²) in [4.78, 5) is 10.8. The molecule has 3 heteroatoms. The van der Waals surface area contributed by atoms with Crippen molar-refractivity contribution in [2.75, 3.05) is 7.11 Å². The van der Waals surface area contributed by atoms with Gasteiger partial charge in [0.2, 0.25) is 0 Å². The molecule has 0 unspecified atom stereocenters. The van der Waals surface area contributed by atoms with Gasteiger partial charge in [-0.15, -0.1) is 0 Å². The topological polar surface area (TPSA) is 26.3 Å². The third-order valence-corrected chi connectivity index (χ3v) is 2.45. The normalized spacial score (nSPS) is 11.1. The van der Waals surface area contributed by atoms with Crippen molar-refractivity contribution in [1.29, 1.82) is 0 Å². The first-order valence-electron chi connectivity index (χ1n) is 4.16. The molecule has 0 saturated carbocycles. The van der Waals surface area contributed by atoms with Crippen molar-refractivity contribution < 1.29 is 9.53 Å². The van der Waals surface area contributed by atoms with Crippen molar-refractivity contribution in [3.8, 4) is 0 Å². The standard InChI is InChI=1S/C11H11BrO2/c1-14-8-10(7-13)11-5-3-2-4-9(11)6-12/h2-5,7-8H,6H2,1H3. The number of carbonyl (C=O) groups is 1. The molecule has 0 aromatic heterocycles. The number of ether oxygens (including phenoxy) is 1. The summed E-state index contributed by atoms with van der Waals surface area (Å²) in [6, 6.07) is 7.71. The van der Waals surface area contributed by atoms with E-state index in [1.54, 1.807) is 0 Å². The molecule has 0 bridgehead atoms.